The molecule has 24 rings (SSSR count). The molecule has 0 bridgehead atoms. The van der Waals surface area contributed by atoms with Gasteiger partial charge in [-0.2, -0.15) is 0 Å². The Labute approximate surface area is 680 Å². The minimum atomic E-state index is 0.867. The van der Waals surface area contributed by atoms with Gasteiger partial charge in [0, 0.05) is 55.2 Å². The molecule has 0 radical (unpaired) electrons. The number of hydrogen-bond donors (Lipinski definition) is 0. The molecule has 4 aromatic heterocycles. The minimum Gasteiger partial charge on any atom is -0.309 e. The van der Waals surface area contributed by atoms with E-state index in [-0.39, 0.29) is 0 Å². The van der Waals surface area contributed by atoms with Crippen molar-refractivity contribution in [2.24, 2.45) is 0 Å². The lowest BCUT2D eigenvalue weighted by atomic mass is 9.95. The van der Waals surface area contributed by atoms with Crippen LogP contribution in [0.15, 0.2) is 425 Å². The van der Waals surface area contributed by atoms with E-state index in [1.54, 1.807) is 0 Å². The molecular weight excluding hydrogens is 1430 g/mol. The summed E-state index contributed by atoms with van der Waals surface area (Å²) < 4.78 is 4.88. The second-order valence-electron chi connectivity index (χ2n) is 30.7. The average molecular weight is 1500 g/mol. The largest absolute Gasteiger partial charge is 0.309 e. The molecule has 0 fully saturated rings. The number of hydrogen-bond acceptors (Lipinski definition) is 4. The van der Waals surface area contributed by atoms with E-state index < -0.39 is 0 Å². The molecule has 0 spiro atoms. The third kappa shape index (κ3) is 11.6. The van der Waals surface area contributed by atoms with Crippen LogP contribution in [0.2, 0.25) is 0 Å². The second kappa shape index (κ2) is 28.1. The van der Waals surface area contributed by atoms with Gasteiger partial charge in [0.05, 0.1) is 66.9 Å². The molecule has 6 nitrogen and oxygen atoms in total. The molecule has 118 heavy (non-hydrogen) atoms. The fraction of sp³-hybridized carbons (Fsp3) is 0. The first-order valence-electron chi connectivity index (χ1n) is 40.3. The molecule has 0 unspecified atom stereocenters. The Balaban J connectivity index is 0.000000138. The summed E-state index contributed by atoms with van der Waals surface area (Å²) in [5, 5.41) is 19.8. The molecule has 4 heterocycles. The molecule has 6 heteroatoms. The van der Waals surface area contributed by atoms with Crippen molar-refractivity contribution in [2.75, 3.05) is 0 Å². The van der Waals surface area contributed by atoms with Gasteiger partial charge in [-0.1, -0.05) is 346 Å². The molecule has 548 valence electrons. The van der Waals surface area contributed by atoms with Crippen molar-refractivity contribution < 1.29 is 0 Å². The molecule has 20 aromatic carbocycles. The average Bonchev–Trinajstić information content (AvgIpc) is 1.56. The van der Waals surface area contributed by atoms with Gasteiger partial charge >= 0.3 is 0 Å². The molecule has 0 aliphatic carbocycles. The van der Waals surface area contributed by atoms with Crippen LogP contribution in [0.4, 0.5) is 0 Å². The normalized spacial score (nSPS) is 11.7. The first-order valence-corrected chi connectivity index (χ1v) is 40.3. The zero-order valence-electron chi connectivity index (χ0n) is 64.1. The maximum Gasteiger partial charge on any atom is 0.0979 e. The predicted molar refractivity (Wildman–Crippen MR) is 496 cm³/mol. The van der Waals surface area contributed by atoms with E-state index in [0.717, 1.165) is 111 Å². The number of nitrogens with zero attached hydrogens (tertiary/aromatic N) is 6. The van der Waals surface area contributed by atoms with Crippen molar-refractivity contribution in [3.8, 4) is 101 Å². The van der Waals surface area contributed by atoms with Crippen LogP contribution < -0.4 is 0 Å². The summed E-state index contributed by atoms with van der Waals surface area (Å²) in [7, 11) is 0. The number of fused-ring (bicyclic) bond motifs is 18. The summed E-state index contributed by atoms with van der Waals surface area (Å²) in [4.78, 5) is 21.3. The van der Waals surface area contributed by atoms with E-state index in [0.29, 0.717) is 0 Å². The van der Waals surface area contributed by atoms with Crippen LogP contribution in [0.3, 0.4) is 0 Å². The molecule has 0 aliphatic heterocycles. The Kier molecular flexibility index (Phi) is 16.2. The van der Waals surface area contributed by atoms with Crippen LogP contribution in [0.25, 0.3) is 231 Å². The lowest BCUT2D eigenvalue weighted by molar-refractivity contribution is 1.19. The Morgan fingerprint density at radius 3 is 0.771 bits per heavy atom. The molecule has 0 atom stereocenters. The Hall–Kier alpha value is -15.8. The van der Waals surface area contributed by atoms with Crippen LogP contribution >= 0.6 is 0 Å². The van der Waals surface area contributed by atoms with Gasteiger partial charge in [0.2, 0.25) is 0 Å². The zero-order chi connectivity index (χ0) is 77.7. The highest BCUT2D eigenvalue weighted by atomic mass is 15.0. The van der Waals surface area contributed by atoms with E-state index in [2.05, 4.69) is 397 Å². The van der Waals surface area contributed by atoms with E-state index in [1.165, 1.54) is 120 Å². The maximum atomic E-state index is 5.34. The number of para-hydroxylation sites is 4. The van der Waals surface area contributed by atoms with E-state index in [9.17, 15) is 0 Å². The van der Waals surface area contributed by atoms with Crippen molar-refractivity contribution in [1.82, 2.24) is 29.1 Å². The second-order valence-corrected chi connectivity index (χ2v) is 30.7. The van der Waals surface area contributed by atoms with Crippen molar-refractivity contribution >= 4 is 130 Å². The number of aromatic nitrogens is 6. The molecule has 0 aliphatic rings. The Bertz CT molecular complexity index is 7960. The predicted octanol–water partition coefficient (Wildman–Crippen LogP) is 29.7. The summed E-state index contributed by atoms with van der Waals surface area (Å²) >= 11 is 0. The smallest absolute Gasteiger partial charge is 0.0979 e. The number of benzene rings is 20. The molecule has 24 aromatic rings. The SMILES string of the molecule is c1ccc(-c2ccc(-c3ccc(-c4nc5ccccc5nc4-c4cccc5cc(-n6c7ccc8ccccc8c7c7c8ccccc8ccc76)ccc45)cc3)cc2)cc1.c1ccc(-c2cccc(-c3ccc(-c4nc5ccccc5nc4-c4cccc5cc(-n6c7ccc8ccccc8c7c7c8ccccc8ccc76)ccc45)cc3)c2)cc1. The minimum absolute atomic E-state index is 0.867. The van der Waals surface area contributed by atoms with Gasteiger partial charge in [-0.05, 0) is 188 Å². The van der Waals surface area contributed by atoms with Crippen molar-refractivity contribution in [2.45, 2.75) is 0 Å². The molecular formula is C112H70N6. The summed E-state index contributed by atoms with van der Waals surface area (Å²) in [6, 6.07) is 152. The van der Waals surface area contributed by atoms with Gasteiger partial charge in [-0.3, -0.25) is 0 Å². The van der Waals surface area contributed by atoms with Crippen LogP contribution in [0.5, 0.6) is 0 Å². The lowest BCUT2D eigenvalue weighted by Crippen LogP contribution is -1.97. The number of rotatable bonds is 10. The van der Waals surface area contributed by atoms with Crippen molar-refractivity contribution in [1.29, 1.82) is 0 Å². The van der Waals surface area contributed by atoms with E-state index in [4.69, 9.17) is 19.9 Å². The quantitative estimate of drug-likeness (QED) is 0.137. The summed E-state index contributed by atoms with van der Waals surface area (Å²) in [5.41, 5.74) is 27.7. The van der Waals surface area contributed by atoms with Crippen molar-refractivity contribution in [3.05, 3.63) is 425 Å². The standard InChI is InChI=1S/2C56H35N3/c1-2-12-36(13-3-1)41-16-10-17-42(34-41)37-24-26-40(27-25-37)55-56(58-50-23-9-8-22-49(50)57-55)48-21-11-18-43-35-44(30-31-45(43)48)59-51-32-28-38-14-4-6-19-46(38)53(51)54-47-20-7-5-15-39(47)29-33-52(54)59;1-2-11-36(12-3-1)37-21-23-38(24-22-37)39-25-27-42(28-26-39)55-56(58-50-20-9-8-19-49(50)57-55)48-18-10-15-43-35-44(31-32-45(43)48)59-51-33-29-40-13-4-6-16-46(40)53(51)54-47-17-7-5-14-41(47)30-34-52(54)59/h2*1-35H. The van der Waals surface area contributed by atoms with E-state index >= 15 is 0 Å². The highest BCUT2D eigenvalue weighted by Gasteiger charge is 2.24. The van der Waals surface area contributed by atoms with Gasteiger partial charge in [0.15, 0.2) is 0 Å². The molecule has 0 saturated heterocycles. The monoisotopic (exact) mass is 1500 g/mol. The Morgan fingerprint density at radius 1 is 0.153 bits per heavy atom. The summed E-state index contributed by atoms with van der Waals surface area (Å²) in [6.45, 7) is 0. The van der Waals surface area contributed by atoms with E-state index in [1.807, 2.05) is 36.4 Å². The van der Waals surface area contributed by atoms with Gasteiger partial charge in [-0.25, -0.2) is 19.9 Å². The first kappa shape index (κ1) is 67.9. The van der Waals surface area contributed by atoms with Crippen molar-refractivity contribution in [3.63, 3.8) is 0 Å². The van der Waals surface area contributed by atoms with Gasteiger partial charge in [0.25, 0.3) is 0 Å². The third-order valence-corrected chi connectivity index (χ3v) is 23.9. The lowest BCUT2D eigenvalue weighted by Gasteiger charge is -2.15. The van der Waals surface area contributed by atoms with Crippen LogP contribution in [-0.4, -0.2) is 29.1 Å². The molecule has 0 N–H and O–H groups in total. The fourth-order valence-electron chi connectivity index (χ4n) is 18.3. The highest BCUT2D eigenvalue weighted by molar-refractivity contribution is 6.30. The van der Waals surface area contributed by atoms with Gasteiger partial charge < -0.3 is 9.13 Å². The highest BCUT2D eigenvalue weighted by Crippen LogP contribution is 2.46. The summed E-state index contributed by atoms with van der Waals surface area (Å²) in [6.07, 6.45) is 0. The first-order chi connectivity index (χ1) is 58.5. The maximum absolute atomic E-state index is 5.34. The van der Waals surface area contributed by atoms with Crippen LogP contribution in [0.1, 0.15) is 0 Å². The molecule has 0 saturated carbocycles. The fourth-order valence-corrected chi connectivity index (χ4v) is 18.3. The molecule has 0 amide bonds. The third-order valence-electron chi connectivity index (χ3n) is 23.9. The van der Waals surface area contributed by atoms with Crippen LogP contribution in [0, 0.1) is 0 Å². The Morgan fingerprint density at radius 2 is 0.415 bits per heavy atom. The van der Waals surface area contributed by atoms with Gasteiger partial charge in [0.1, 0.15) is 0 Å². The zero-order valence-corrected chi connectivity index (χ0v) is 64.1. The van der Waals surface area contributed by atoms with Crippen LogP contribution in [-0.2, 0) is 0 Å². The van der Waals surface area contributed by atoms with Gasteiger partial charge in [-0.15, -0.1) is 0 Å². The summed E-state index contributed by atoms with van der Waals surface area (Å²) in [5.74, 6) is 0. The topological polar surface area (TPSA) is 61.4 Å².